The molecule has 1 saturated carbocycles. The smallest absolute Gasteiger partial charge is 0.165 e. The predicted molar refractivity (Wildman–Crippen MR) is 74.1 cm³/mol. The van der Waals surface area contributed by atoms with Crippen molar-refractivity contribution in [3.63, 3.8) is 0 Å². The molecular weight excluding hydrogens is 346 g/mol. The summed E-state index contributed by atoms with van der Waals surface area (Å²) in [6, 6.07) is 8.73. The summed E-state index contributed by atoms with van der Waals surface area (Å²) < 4.78 is 3.32. The zero-order valence-electron chi connectivity index (χ0n) is 9.11. The third-order valence-electron chi connectivity index (χ3n) is 2.91. The summed E-state index contributed by atoms with van der Waals surface area (Å²) in [4.78, 5) is 0. The minimum Gasteiger partial charge on any atom is -0.307 e. The maximum Gasteiger partial charge on any atom is 0.165 e. The van der Waals surface area contributed by atoms with Crippen molar-refractivity contribution in [3.05, 3.63) is 34.6 Å². The summed E-state index contributed by atoms with van der Waals surface area (Å²) in [5.41, 5.74) is 1.11. The van der Waals surface area contributed by atoms with Crippen LogP contribution in [0, 0.1) is 0 Å². The van der Waals surface area contributed by atoms with Gasteiger partial charge in [0.1, 0.15) is 5.82 Å². The van der Waals surface area contributed by atoms with Gasteiger partial charge in [0, 0.05) is 16.1 Å². The first kappa shape index (κ1) is 11.4. The normalized spacial score (nSPS) is 15.2. The molecule has 0 atom stereocenters. The van der Waals surface area contributed by atoms with Gasteiger partial charge in [0.2, 0.25) is 0 Å². The highest BCUT2D eigenvalue weighted by molar-refractivity contribution is 9.10. The summed E-state index contributed by atoms with van der Waals surface area (Å²) in [5, 5.41) is 9.34. The van der Waals surface area contributed by atoms with Crippen LogP contribution in [-0.2, 0) is 5.33 Å². The quantitative estimate of drug-likeness (QED) is 0.780. The number of halogens is 2. The molecule has 0 unspecified atom stereocenters. The lowest BCUT2D eigenvalue weighted by Gasteiger charge is -2.08. The maximum atomic E-state index is 4.33. The lowest BCUT2D eigenvalue weighted by atomic mass is 10.2. The summed E-state index contributed by atoms with van der Waals surface area (Å²) >= 11 is 7.05. The van der Waals surface area contributed by atoms with Gasteiger partial charge in [-0.3, -0.25) is 0 Å². The van der Waals surface area contributed by atoms with Crippen molar-refractivity contribution in [3.8, 4) is 11.4 Å². The first-order valence-electron chi connectivity index (χ1n) is 5.56. The van der Waals surface area contributed by atoms with E-state index in [1.165, 1.54) is 12.8 Å². The van der Waals surface area contributed by atoms with Gasteiger partial charge in [0.05, 0.1) is 5.33 Å². The van der Waals surface area contributed by atoms with Crippen molar-refractivity contribution < 1.29 is 0 Å². The fourth-order valence-electron chi connectivity index (χ4n) is 1.96. The highest BCUT2D eigenvalue weighted by atomic mass is 79.9. The van der Waals surface area contributed by atoms with Crippen LogP contribution in [0.1, 0.15) is 24.7 Å². The highest BCUT2D eigenvalue weighted by Gasteiger charge is 2.29. The van der Waals surface area contributed by atoms with E-state index < -0.39 is 0 Å². The fraction of sp³-hybridized carbons (Fsp3) is 0.333. The first-order chi connectivity index (χ1) is 8.31. The summed E-state index contributed by atoms with van der Waals surface area (Å²) in [5.74, 6) is 1.98. The van der Waals surface area contributed by atoms with E-state index in [2.05, 4.69) is 52.7 Å². The number of alkyl halides is 1. The van der Waals surface area contributed by atoms with E-state index in [9.17, 15) is 0 Å². The molecule has 17 heavy (non-hydrogen) atoms. The van der Waals surface area contributed by atoms with E-state index in [1.807, 2.05) is 18.2 Å². The molecule has 2 aromatic rings. The number of aromatic nitrogens is 3. The average molecular weight is 357 g/mol. The monoisotopic (exact) mass is 355 g/mol. The van der Waals surface area contributed by atoms with Crippen LogP contribution in [-0.4, -0.2) is 14.8 Å². The Morgan fingerprint density at radius 1 is 1.24 bits per heavy atom. The van der Waals surface area contributed by atoms with Crippen LogP contribution in [0.25, 0.3) is 11.4 Å². The third kappa shape index (κ3) is 2.06. The number of hydrogen-bond donors (Lipinski definition) is 0. The molecule has 0 N–H and O–H groups in total. The lowest BCUT2D eigenvalue weighted by molar-refractivity contribution is 0.714. The summed E-state index contributed by atoms with van der Waals surface area (Å²) in [6.45, 7) is 0. The van der Waals surface area contributed by atoms with Crippen molar-refractivity contribution in [2.45, 2.75) is 24.2 Å². The third-order valence-corrected chi connectivity index (χ3v) is 4.11. The Hall–Kier alpha value is -0.680. The Kier molecular flexibility index (Phi) is 3.04. The van der Waals surface area contributed by atoms with E-state index in [0.29, 0.717) is 6.04 Å². The molecule has 5 heteroatoms. The zero-order valence-corrected chi connectivity index (χ0v) is 12.3. The topological polar surface area (TPSA) is 30.7 Å². The molecule has 1 aromatic carbocycles. The Labute approximate surface area is 117 Å². The standard InChI is InChI=1S/C12H11Br2N3/c13-7-11-15-16-12(17(11)8-5-6-8)9-3-1-2-4-10(9)14/h1-4,8H,5-7H2. The van der Waals surface area contributed by atoms with Gasteiger partial charge in [-0.1, -0.05) is 50.1 Å². The number of hydrogen-bond acceptors (Lipinski definition) is 2. The van der Waals surface area contributed by atoms with Crippen LogP contribution in [0.15, 0.2) is 28.7 Å². The minimum atomic E-state index is 0.583. The highest BCUT2D eigenvalue weighted by Crippen LogP contribution is 2.40. The first-order valence-corrected chi connectivity index (χ1v) is 7.47. The SMILES string of the molecule is BrCc1nnc(-c2ccccc2Br)n1C1CC1. The predicted octanol–water partition coefficient (Wildman–Crippen LogP) is 3.94. The van der Waals surface area contributed by atoms with Gasteiger partial charge >= 0.3 is 0 Å². The van der Waals surface area contributed by atoms with Crippen LogP contribution in [0.3, 0.4) is 0 Å². The van der Waals surface area contributed by atoms with Gasteiger partial charge in [-0.2, -0.15) is 0 Å². The van der Waals surface area contributed by atoms with E-state index in [4.69, 9.17) is 0 Å². The minimum absolute atomic E-state index is 0.583. The van der Waals surface area contributed by atoms with Crippen LogP contribution in [0.4, 0.5) is 0 Å². The second-order valence-corrected chi connectivity index (χ2v) is 5.57. The number of rotatable bonds is 3. The van der Waals surface area contributed by atoms with Crippen molar-refractivity contribution in [2.75, 3.05) is 0 Å². The van der Waals surface area contributed by atoms with Crippen LogP contribution < -0.4 is 0 Å². The van der Waals surface area contributed by atoms with E-state index in [-0.39, 0.29) is 0 Å². The van der Waals surface area contributed by atoms with E-state index in [0.717, 1.165) is 27.0 Å². The Morgan fingerprint density at radius 3 is 2.65 bits per heavy atom. The van der Waals surface area contributed by atoms with Crippen LogP contribution >= 0.6 is 31.9 Å². The summed E-state index contributed by atoms with van der Waals surface area (Å²) in [6.07, 6.45) is 2.46. The molecule has 0 amide bonds. The molecule has 0 spiro atoms. The molecule has 1 heterocycles. The molecule has 0 saturated heterocycles. The zero-order chi connectivity index (χ0) is 11.8. The molecule has 3 rings (SSSR count). The van der Waals surface area contributed by atoms with Crippen molar-refractivity contribution >= 4 is 31.9 Å². The van der Waals surface area contributed by atoms with Gasteiger partial charge in [0.15, 0.2) is 5.82 Å². The van der Waals surface area contributed by atoms with Crippen LogP contribution in [0.2, 0.25) is 0 Å². The molecule has 0 bridgehead atoms. The second kappa shape index (κ2) is 4.53. The number of nitrogens with zero attached hydrogens (tertiary/aromatic N) is 3. The van der Waals surface area contributed by atoms with Gasteiger partial charge in [0.25, 0.3) is 0 Å². The second-order valence-electron chi connectivity index (χ2n) is 4.15. The van der Waals surface area contributed by atoms with Crippen molar-refractivity contribution in [1.82, 2.24) is 14.8 Å². The lowest BCUT2D eigenvalue weighted by Crippen LogP contribution is -2.02. The largest absolute Gasteiger partial charge is 0.307 e. The summed E-state index contributed by atoms with van der Waals surface area (Å²) in [7, 11) is 0. The molecule has 1 aliphatic rings. The van der Waals surface area contributed by atoms with Crippen LogP contribution in [0.5, 0.6) is 0 Å². The molecular formula is C12H11Br2N3. The van der Waals surface area contributed by atoms with Gasteiger partial charge in [-0.25, -0.2) is 0 Å². The molecule has 0 radical (unpaired) electrons. The Bertz CT molecular complexity index is 546. The molecule has 1 aliphatic carbocycles. The maximum absolute atomic E-state index is 4.33. The average Bonchev–Trinajstić information content (AvgIpc) is 3.10. The molecule has 3 nitrogen and oxygen atoms in total. The van der Waals surface area contributed by atoms with Crippen molar-refractivity contribution in [1.29, 1.82) is 0 Å². The van der Waals surface area contributed by atoms with E-state index >= 15 is 0 Å². The molecule has 0 aliphatic heterocycles. The Balaban J connectivity index is 2.14. The number of benzene rings is 1. The van der Waals surface area contributed by atoms with Gasteiger partial charge < -0.3 is 4.57 Å². The Morgan fingerprint density at radius 2 is 2.00 bits per heavy atom. The molecule has 1 aromatic heterocycles. The van der Waals surface area contributed by atoms with Gasteiger partial charge in [-0.05, 0) is 18.9 Å². The van der Waals surface area contributed by atoms with Gasteiger partial charge in [-0.15, -0.1) is 10.2 Å². The van der Waals surface area contributed by atoms with E-state index in [1.54, 1.807) is 0 Å². The van der Waals surface area contributed by atoms with Crippen molar-refractivity contribution in [2.24, 2.45) is 0 Å². The molecule has 1 fully saturated rings. The molecule has 88 valence electrons. The fourth-order valence-corrected chi connectivity index (χ4v) is 2.80.